The summed E-state index contributed by atoms with van der Waals surface area (Å²) >= 11 is 6.27. The number of benzene rings is 1. The second-order valence-electron chi connectivity index (χ2n) is 5.32. The first-order chi connectivity index (χ1) is 10.4. The summed E-state index contributed by atoms with van der Waals surface area (Å²) < 4.78 is 0.304. The van der Waals surface area contributed by atoms with E-state index in [2.05, 4.69) is 31.9 Å². The van der Waals surface area contributed by atoms with Gasteiger partial charge >= 0.3 is 0 Å². The number of ketones is 4. The van der Waals surface area contributed by atoms with Crippen molar-refractivity contribution < 1.29 is 19.2 Å². The summed E-state index contributed by atoms with van der Waals surface area (Å²) in [5, 5.41) is 0.889. The standard InChI is InChI=1S/C16H6Br2O4/c17-8-3-5-1-2-6-11-7(15(21)13(18)14(6)20)4-9(19)12(10(5)11)16(8)22/h1-3,13H,4H2. The molecule has 3 aliphatic carbocycles. The highest BCUT2D eigenvalue weighted by Gasteiger charge is 2.39. The van der Waals surface area contributed by atoms with Crippen LogP contribution in [0.15, 0.2) is 16.6 Å². The molecule has 1 atom stereocenters. The topological polar surface area (TPSA) is 68.3 Å². The van der Waals surface area contributed by atoms with Crippen LogP contribution >= 0.6 is 31.9 Å². The van der Waals surface area contributed by atoms with Gasteiger partial charge in [0.15, 0.2) is 17.3 Å². The van der Waals surface area contributed by atoms with E-state index in [0.29, 0.717) is 31.6 Å². The van der Waals surface area contributed by atoms with Gasteiger partial charge in [0.1, 0.15) is 4.83 Å². The maximum Gasteiger partial charge on any atom is 0.204 e. The number of hydrogen-bond donors (Lipinski definition) is 0. The zero-order chi connectivity index (χ0) is 15.8. The van der Waals surface area contributed by atoms with E-state index in [1.54, 1.807) is 18.2 Å². The average Bonchev–Trinajstić information content (AvgIpc) is 2.49. The summed E-state index contributed by atoms with van der Waals surface area (Å²) in [4.78, 5) is 48.4. The minimum atomic E-state index is -0.955. The molecule has 0 aromatic heterocycles. The molecule has 108 valence electrons. The van der Waals surface area contributed by atoms with Crippen LogP contribution in [0, 0.1) is 0 Å². The first kappa shape index (κ1) is 14.0. The van der Waals surface area contributed by atoms with Crippen molar-refractivity contribution in [1.29, 1.82) is 0 Å². The highest BCUT2D eigenvalue weighted by atomic mass is 79.9. The molecule has 0 aliphatic heterocycles. The molecule has 22 heavy (non-hydrogen) atoms. The zero-order valence-corrected chi connectivity index (χ0v) is 14.1. The summed E-state index contributed by atoms with van der Waals surface area (Å²) in [6.07, 6.45) is 1.48. The summed E-state index contributed by atoms with van der Waals surface area (Å²) in [5.74, 6) is -1.50. The number of alkyl halides is 1. The van der Waals surface area contributed by atoms with E-state index in [-0.39, 0.29) is 29.3 Å². The van der Waals surface area contributed by atoms with E-state index in [1.165, 1.54) is 0 Å². The second-order valence-corrected chi connectivity index (χ2v) is 7.09. The van der Waals surface area contributed by atoms with Gasteiger partial charge in [0.25, 0.3) is 0 Å². The van der Waals surface area contributed by atoms with Crippen LogP contribution in [0.5, 0.6) is 0 Å². The third kappa shape index (κ3) is 1.57. The highest BCUT2D eigenvalue weighted by molar-refractivity contribution is 9.12. The van der Waals surface area contributed by atoms with Gasteiger partial charge in [0.2, 0.25) is 5.78 Å². The lowest BCUT2D eigenvalue weighted by atomic mass is 9.78. The largest absolute Gasteiger partial charge is 0.294 e. The summed E-state index contributed by atoms with van der Waals surface area (Å²) in [7, 11) is 0. The molecule has 0 fully saturated rings. The minimum Gasteiger partial charge on any atom is -0.294 e. The molecule has 0 saturated carbocycles. The molecule has 0 bridgehead atoms. The number of hydrogen-bond acceptors (Lipinski definition) is 4. The van der Waals surface area contributed by atoms with Crippen LogP contribution in [0.25, 0.3) is 17.2 Å². The first-order valence-electron chi connectivity index (χ1n) is 6.50. The van der Waals surface area contributed by atoms with E-state index in [4.69, 9.17) is 0 Å². The molecule has 4 rings (SSSR count). The molecule has 1 unspecified atom stereocenters. The van der Waals surface area contributed by atoms with Gasteiger partial charge in [-0.2, -0.15) is 0 Å². The highest BCUT2D eigenvalue weighted by Crippen LogP contribution is 2.28. The molecular formula is C16H6Br2O4. The monoisotopic (exact) mass is 420 g/mol. The van der Waals surface area contributed by atoms with Crippen molar-refractivity contribution in [3.8, 4) is 0 Å². The van der Waals surface area contributed by atoms with Crippen molar-refractivity contribution >= 4 is 72.2 Å². The number of allylic oxidation sites excluding steroid dienone is 1. The van der Waals surface area contributed by atoms with E-state index < -0.39 is 10.6 Å². The van der Waals surface area contributed by atoms with E-state index in [0.717, 1.165) is 0 Å². The van der Waals surface area contributed by atoms with Gasteiger partial charge in [-0.3, -0.25) is 19.2 Å². The van der Waals surface area contributed by atoms with Crippen LogP contribution in [-0.2, 0) is 14.4 Å². The SMILES string of the molecule is O=C1CC2=c3c(ccc4c3=C1C(=O)C(Br)=C4)C(=O)C(Br)C2=O. The van der Waals surface area contributed by atoms with E-state index >= 15 is 0 Å². The molecule has 3 aliphatic rings. The second kappa shape index (κ2) is 4.43. The van der Waals surface area contributed by atoms with Crippen LogP contribution in [-0.4, -0.2) is 28.0 Å². The first-order valence-corrected chi connectivity index (χ1v) is 8.20. The average molecular weight is 422 g/mol. The molecule has 4 nitrogen and oxygen atoms in total. The number of carbonyl (C=O) groups is 4. The van der Waals surface area contributed by atoms with Crippen LogP contribution in [0.3, 0.4) is 0 Å². The summed E-state index contributed by atoms with van der Waals surface area (Å²) in [6, 6.07) is 3.35. The number of Topliss-reactive ketones (excluding diaryl/α,β-unsaturated/α-hetero) is 4. The Kier molecular flexibility index (Phi) is 2.81. The lowest BCUT2D eigenvalue weighted by Crippen LogP contribution is -2.51. The van der Waals surface area contributed by atoms with E-state index in [9.17, 15) is 19.2 Å². The third-order valence-corrected chi connectivity index (χ3v) is 5.58. The third-order valence-electron chi connectivity index (χ3n) is 4.15. The minimum absolute atomic E-state index is 0.0681. The van der Waals surface area contributed by atoms with Crippen molar-refractivity contribution in [2.75, 3.05) is 0 Å². The molecule has 1 aromatic rings. The molecule has 0 N–H and O–H groups in total. The Balaban J connectivity index is 2.32. The lowest BCUT2D eigenvalue weighted by molar-refractivity contribution is -0.118. The molecule has 1 aromatic carbocycles. The normalized spacial score (nSPS) is 22.8. The van der Waals surface area contributed by atoms with Crippen LogP contribution < -0.4 is 10.4 Å². The van der Waals surface area contributed by atoms with Gasteiger partial charge in [-0.1, -0.05) is 28.1 Å². The smallest absolute Gasteiger partial charge is 0.204 e. The Morgan fingerprint density at radius 2 is 1.73 bits per heavy atom. The molecule has 0 heterocycles. The van der Waals surface area contributed by atoms with Crippen molar-refractivity contribution in [3.63, 3.8) is 0 Å². The number of carbonyl (C=O) groups excluding carboxylic acids is 4. The van der Waals surface area contributed by atoms with Gasteiger partial charge in [-0.15, -0.1) is 0 Å². The van der Waals surface area contributed by atoms with Crippen molar-refractivity contribution in [3.05, 3.63) is 38.2 Å². The van der Waals surface area contributed by atoms with Crippen molar-refractivity contribution in [2.24, 2.45) is 0 Å². The fourth-order valence-electron chi connectivity index (χ4n) is 3.18. The molecule has 6 heteroatoms. The Bertz CT molecular complexity index is 998. The van der Waals surface area contributed by atoms with Crippen LogP contribution in [0.4, 0.5) is 0 Å². The number of rotatable bonds is 0. The van der Waals surface area contributed by atoms with Crippen LogP contribution in [0.2, 0.25) is 0 Å². The number of halogens is 2. The Morgan fingerprint density at radius 3 is 2.45 bits per heavy atom. The Labute approximate surface area is 140 Å². The summed E-state index contributed by atoms with van der Waals surface area (Å²) in [6.45, 7) is 0. The van der Waals surface area contributed by atoms with E-state index in [1.807, 2.05) is 0 Å². The van der Waals surface area contributed by atoms with Crippen molar-refractivity contribution in [1.82, 2.24) is 0 Å². The lowest BCUT2D eigenvalue weighted by Gasteiger charge is -2.25. The quantitative estimate of drug-likeness (QED) is 0.459. The van der Waals surface area contributed by atoms with Gasteiger partial charge in [-0.25, -0.2) is 0 Å². The van der Waals surface area contributed by atoms with Gasteiger partial charge in [0.05, 0.1) is 10.1 Å². The Hall–Kier alpha value is -1.66. The molecule has 0 spiro atoms. The summed E-state index contributed by atoms with van der Waals surface area (Å²) in [5.41, 5.74) is 1.44. The Morgan fingerprint density at radius 1 is 1.00 bits per heavy atom. The fraction of sp³-hybridized carbons (Fsp3) is 0.125. The maximum absolute atomic E-state index is 12.4. The fourth-order valence-corrected chi connectivity index (χ4v) is 4.15. The van der Waals surface area contributed by atoms with Gasteiger partial charge in [-0.05, 0) is 27.6 Å². The molecule has 0 radical (unpaired) electrons. The molecule has 0 saturated heterocycles. The van der Waals surface area contributed by atoms with Crippen molar-refractivity contribution in [2.45, 2.75) is 11.2 Å². The predicted octanol–water partition coefficient (Wildman–Crippen LogP) is 0.808. The molecule has 0 amide bonds. The maximum atomic E-state index is 12.4. The van der Waals surface area contributed by atoms with Crippen LogP contribution in [0.1, 0.15) is 22.3 Å². The van der Waals surface area contributed by atoms with Gasteiger partial charge in [0, 0.05) is 28.0 Å². The van der Waals surface area contributed by atoms with Gasteiger partial charge < -0.3 is 0 Å². The molecular weight excluding hydrogens is 416 g/mol. The zero-order valence-electron chi connectivity index (χ0n) is 10.9. The predicted molar refractivity (Wildman–Crippen MR) is 86.1 cm³/mol.